The SMILES string of the molecule is CN(CC(=O)Nc1cccc(N2CCCCC2)c1)C(=O)c1ccccc1. The van der Waals surface area contributed by atoms with Crippen LogP contribution in [0.2, 0.25) is 0 Å². The van der Waals surface area contributed by atoms with Crippen LogP contribution in [0.1, 0.15) is 29.6 Å². The molecule has 2 aromatic rings. The molecule has 1 aliphatic heterocycles. The zero-order valence-electron chi connectivity index (χ0n) is 15.1. The van der Waals surface area contributed by atoms with Crippen LogP contribution in [0.5, 0.6) is 0 Å². The minimum Gasteiger partial charge on any atom is -0.371 e. The lowest BCUT2D eigenvalue weighted by atomic mass is 10.1. The van der Waals surface area contributed by atoms with Gasteiger partial charge in [-0.25, -0.2) is 0 Å². The predicted octanol–water partition coefficient (Wildman–Crippen LogP) is 3.39. The standard InChI is InChI=1S/C21H25N3O2/c1-23(21(26)17-9-4-2-5-10-17)16-20(25)22-18-11-8-12-19(15-18)24-13-6-3-7-14-24/h2,4-5,8-12,15H,3,6-7,13-14,16H2,1H3,(H,22,25). The van der Waals surface area contributed by atoms with Gasteiger partial charge in [0.1, 0.15) is 0 Å². The topological polar surface area (TPSA) is 52.7 Å². The summed E-state index contributed by atoms with van der Waals surface area (Å²) in [5.74, 6) is -0.365. The van der Waals surface area contributed by atoms with Gasteiger partial charge in [0.15, 0.2) is 0 Å². The van der Waals surface area contributed by atoms with Crippen molar-refractivity contribution in [3.05, 3.63) is 60.2 Å². The Morgan fingerprint density at radius 1 is 1.00 bits per heavy atom. The Kier molecular flexibility index (Phi) is 5.89. The van der Waals surface area contributed by atoms with E-state index < -0.39 is 0 Å². The van der Waals surface area contributed by atoms with Gasteiger partial charge < -0.3 is 15.1 Å². The smallest absolute Gasteiger partial charge is 0.254 e. The first-order chi connectivity index (χ1) is 12.6. The molecule has 0 unspecified atom stereocenters. The second-order valence-corrected chi connectivity index (χ2v) is 6.67. The average molecular weight is 351 g/mol. The Balaban J connectivity index is 1.58. The summed E-state index contributed by atoms with van der Waals surface area (Å²) in [7, 11) is 1.64. The molecule has 1 heterocycles. The monoisotopic (exact) mass is 351 g/mol. The highest BCUT2D eigenvalue weighted by atomic mass is 16.2. The summed E-state index contributed by atoms with van der Waals surface area (Å²) in [5.41, 5.74) is 2.48. The van der Waals surface area contributed by atoms with Gasteiger partial charge in [0.05, 0.1) is 6.54 Å². The van der Waals surface area contributed by atoms with E-state index in [1.54, 1.807) is 19.2 Å². The van der Waals surface area contributed by atoms with Gasteiger partial charge in [-0.05, 0) is 49.6 Å². The Labute approximate surface area is 154 Å². The number of carbonyl (C=O) groups is 2. The van der Waals surface area contributed by atoms with Crippen molar-refractivity contribution in [1.29, 1.82) is 0 Å². The van der Waals surface area contributed by atoms with Crippen molar-refractivity contribution in [3.63, 3.8) is 0 Å². The first-order valence-corrected chi connectivity index (χ1v) is 9.09. The number of carbonyl (C=O) groups excluding carboxylic acids is 2. The van der Waals surface area contributed by atoms with E-state index in [9.17, 15) is 9.59 Å². The summed E-state index contributed by atoms with van der Waals surface area (Å²) in [6.07, 6.45) is 3.71. The first-order valence-electron chi connectivity index (χ1n) is 9.09. The summed E-state index contributed by atoms with van der Waals surface area (Å²) in [4.78, 5) is 28.4. The Morgan fingerprint density at radius 2 is 1.73 bits per heavy atom. The van der Waals surface area contributed by atoms with E-state index in [0.29, 0.717) is 5.56 Å². The summed E-state index contributed by atoms with van der Waals surface area (Å²) < 4.78 is 0. The Bertz CT molecular complexity index is 755. The van der Waals surface area contributed by atoms with Crippen LogP contribution in [0.25, 0.3) is 0 Å². The van der Waals surface area contributed by atoms with Crippen molar-refractivity contribution in [2.75, 3.05) is 36.9 Å². The van der Waals surface area contributed by atoms with Crippen molar-refractivity contribution in [1.82, 2.24) is 4.90 Å². The highest BCUT2D eigenvalue weighted by Gasteiger charge is 2.15. The minimum absolute atomic E-state index is 0.0155. The van der Waals surface area contributed by atoms with Gasteiger partial charge in [-0.2, -0.15) is 0 Å². The number of hydrogen-bond acceptors (Lipinski definition) is 3. The quantitative estimate of drug-likeness (QED) is 0.898. The van der Waals surface area contributed by atoms with Crippen LogP contribution in [0, 0.1) is 0 Å². The summed E-state index contributed by atoms with van der Waals surface area (Å²) in [6.45, 7) is 2.14. The molecule has 0 aromatic heterocycles. The number of rotatable bonds is 5. The van der Waals surface area contributed by atoms with Gasteiger partial charge in [-0.15, -0.1) is 0 Å². The minimum atomic E-state index is -0.201. The van der Waals surface area contributed by atoms with Crippen molar-refractivity contribution in [2.45, 2.75) is 19.3 Å². The zero-order valence-corrected chi connectivity index (χ0v) is 15.1. The molecule has 26 heavy (non-hydrogen) atoms. The molecule has 0 bridgehead atoms. The maximum atomic E-state index is 12.3. The van der Waals surface area contributed by atoms with E-state index in [1.165, 1.54) is 24.2 Å². The third-order valence-corrected chi connectivity index (χ3v) is 4.60. The predicted molar refractivity (Wildman–Crippen MR) is 105 cm³/mol. The molecule has 0 spiro atoms. The van der Waals surface area contributed by atoms with Crippen LogP contribution in [-0.4, -0.2) is 43.4 Å². The fourth-order valence-electron chi connectivity index (χ4n) is 3.22. The number of piperidine rings is 1. The van der Waals surface area contributed by atoms with Gasteiger partial charge in [-0.3, -0.25) is 9.59 Å². The molecule has 0 saturated carbocycles. The Hall–Kier alpha value is -2.82. The van der Waals surface area contributed by atoms with Crippen LogP contribution in [-0.2, 0) is 4.79 Å². The molecule has 136 valence electrons. The number of benzene rings is 2. The van der Waals surface area contributed by atoms with Crippen LogP contribution in [0.15, 0.2) is 54.6 Å². The lowest BCUT2D eigenvalue weighted by molar-refractivity contribution is -0.116. The number of nitrogens with one attached hydrogen (secondary N) is 1. The summed E-state index contributed by atoms with van der Waals surface area (Å²) >= 11 is 0. The van der Waals surface area contributed by atoms with E-state index in [1.807, 2.05) is 36.4 Å². The molecule has 1 N–H and O–H groups in total. The molecule has 5 heteroatoms. The van der Waals surface area contributed by atoms with Crippen LogP contribution < -0.4 is 10.2 Å². The molecule has 3 rings (SSSR count). The molecule has 0 atom stereocenters. The van der Waals surface area contributed by atoms with Crippen LogP contribution >= 0.6 is 0 Å². The van der Waals surface area contributed by atoms with Gasteiger partial charge in [-0.1, -0.05) is 24.3 Å². The van der Waals surface area contributed by atoms with E-state index >= 15 is 0 Å². The third-order valence-electron chi connectivity index (χ3n) is 4.60. The first kappa shape index (κ1) is 18.0. The number of likely N-dealkylation sites (N-methyl/N-ethyl adjacent to an activating group) is 1. The van der Waals surface area contributed by atoms with Crippen molar-refractivity contribution < 1.29 is 9.59 Å². The molecule has 1 aliphatic rings. The molecule has 0 aliphatic carbocycles. The third kappa shape index (κ3) is 4.63. The molecule has 2 aromatic carbocycles. The average Bonchev–Trinajstić information content (AvgIpc) is 2.69. The second kappa shape index (κ2) is 8.52. The highest BCUT2D eigenvalue weighted by Crippen LogP contribution is 2.23. The van der Waals surface area contributed by atoms with Crippen LogP contribution in [0.3, 0.4) is 0 Å². The van der Waals surface area contributed by atoms with E-state index in [4.69, 9.17) is 0 Å². The fraction of sp³-hybridized carbons (Fsp3) is 0.333. The number of amides is 2. The van der Waals surface area contributed by atoms with Gasteiger partial charge >= 0.3 is 0 Å². The van der Waals surface area contributed by atoms with Crippen molar-refractivity contribution >= 4 is 23.2 Å². The van der Waals surface area contributed by atoms with Gasteiger partial charge in [0.2, 0.25) is 5.91 Å². The zero-order chi connectivity index (χ0) is 18.4. The van der Waals surface area contributed by atoms with E-state index in [0.717, 1.165) is 24.5 Å². The van der Waals surface area contributed by atoms with Gasteiger partial charge in [0, 0.05) is 37.1 Å². The second-order valence-electron chi connectivity index (χ2n) is 6.67. The molecule has 5 nitrogen and oxygen atoms in total. The molecular formula is C21H25N3O2. The number of anilines is 2. The van der Waals surface area contributed by atoms with E-state index in [-0.39, 0.29) is 18.4 Å². The summed E-state index contributed by atoms with van der Waals surface area (Å²) in [6, 6.07) is 16.9. The van der Waals surface area contributed by atoms with Crippen LogP contribution in [0.4, 0.5) is 11.4 Å². The molecular weight excluding hydrogens is 326 g/mol. The van der Waals surface area contributed by atoms with E-state index in [2.05, 4.69) is 16.3 Å². The molecule has 0 radical (unpaired) electrons. The fourth-order valence-corrected chi connectivity index (χ4v) is 3.22. The maximum absolute atomic E-state index is 12.3. The maximum Gasteiger partial charge on any atom is 0.254 e. The lowest BCUT2D eigenvalue weighted by Gasteiger charge is -2.29. The molecule has 1 fully saturated rings. The lowest BCUT2D eigenvalue weighted by Crippen LogP contribution is -2.35. The number of hydrogen-bond donors (Lipinski definition) is 1. The van der Waals surface area contributed by atoms with Crippen molar-refractivity contribution in [2.24, 2.45) is 0 Å². The van der Waals surface area contributed by atoms with Gasteiger partial charge in [0.25, 0.3) is 5.91 Å². The molecule has 2 amide bonds. The highest BCUT2D eigenvalue weighted by molar-refractivity contribution is 5.99. The normalized spacial score (nSPS) is 14.0. The largest absolute Gasteiger partial charge is 0.371 e. The Morgan fingerprint density at radius 3 is 2.46 bits per heavy atom. The number of nitrogens with zero attached hydrogens (tertiary/aromatic N) is 2. The van der Waals surface area contributed by atoms with Crippen molar-refractivity contribution in [3.8, 4) is 0 Å². The molecule has 1 saturated heterocycles. The summed E-state index contributed by atoms with van der Waals surface area (Å²) in [5, 5.41) is 2.90.